The van der Waals surface area contributed by atoms with Crippen LogP contribution in [0.5, 0.6) is 17.2 Å². The molecule has 0 bridgehead atoms. The second-order valence-corrected chi connectivity index (χ2v) is 5.81. The minimum atomic E-state index is -0.741. The third kappa shape index (κ3) is 3.31. The minimum Gasteiger partial charge on any atom is -0.504 e. The predicted octanol–water partition coefficient (Wildman–Crippen LogP) is 3.28. The summed E-state index contributed by atoms with van der Waals surface area (Å²) in [5, 5.41) is 30.7. The highest BCUT2D eigenvalue weighted by Crippen LogP contribution is 2.35. The molecule has 122 valence electrons. The van der Waals surface area contributed by atoms with E-state index in [0.717, 1.165) is 22.7 Å². The van der Waals surface area contributed by atoms with Crippen molar-refractivity contribution in [1.29, 1.82) is 0 Å². The van der Waals surface area contributed by atoms with E-state index in [9.17, 15) is 20.1 Å². The Balaban J connectivity index is 1.68. The van der Waals surface area contributed by atoms with E-state index in [2.05, 4.69) is 4.98 Å². The van der Waals surface area contributed by atoms with Crippen LogP contribution in [0, 0.1) is 0 Å². The summed E-state index contributed by atoms with van der Waals surface area (Å²) in [6.07, 6.45) is 0. The summed E-state index contributed by atoms with van der Waals surface area (Å²) < 4.78 is 5.11. The zero-order valence-electron chi connectivity index (χ0n) is 12.3. The number of thiazole rings is 1. The summed E-state index contributed by atoms with van der Waals surface area (Å²) in [5.41, 5.74) is 1.51. The zero-order valence-corrected chi connectivity index (χ0v) is 13.2. The largest absolute Gasteiger partial charge is 0.504 e. The molecular formula is C17H13NO5S. The van der Waals surface area contributed by atoms with Gasteiger partial charge in [-0.2, -0.15) is 0 Å². The summed E-state index contributed by atoms with van der Waals surface area (Å²) in [5.74, 6) is -2.61. The number of carbonyl (C=O) groups is 1. The fourth-order valence-corrected chi connectivity index (χ4v) is 2.84. The summed E-state index contributed by atoms with van der Waals surface area (Å²) >= 11 is 1.44. The van der Waals surface area contributed by atoms with Gasteiger partial charge in [-0.15, -0.1) is 11.3 Å². The Morgan fingerprint density at radius 1 is 1.08 bits per heavy atom. The van der Waals surface area contributed by atoms with E-state index in [1.165, 1.54) is 11.3 Å². The van der Waals surface area contributed by atoms with Gasteiger partial charge in [-0.05, 0) is 12.1 Å². The molecule has 6 nitrogen and oxygen atoms in total. The first-order valence-electron chi connectivity index (χ1n) is 6.96. The summed E-state index contributed by atoms with van der Waals surface area (Å²) in [6, 6.07) is 11.7. The molecule has 0 radical (unpaired) electrons. The maximum Gasteiger partial charge on any atom is 0.338 e. The highest BCUT2D eigenvalue weighted by Gasteiger charge is 2.15. The van der Waals surface area contributed by atoms with Gasteiger partial charge in [-0.1, -0.05) is 30.3 Å². The van der Waals surface area contributed by atoms with Crippen molar-refractivity contribution < 1.29 is 24.9 Å². The second kappa shape index (κ2) is 6.59. The number of hydrogen-bond acceptors (Lipinski definition) is 7. The average molecular weight is 343 g/mol. The zero-order chi connectivity index (χ0) is 17.1. The van der Waals surface area contributed by atoms with Crippen LogP contribution in [-0.4, -0.2) is 26.3 Å². The molecule has 3 rings (SSSR count). The molecule has 7 heteroatoms. The van der Waals surface area contributed by atoms with Crippen LogP contribution >= 0.6 is 11.3 Å². The van der Waals surface area contributed by atoms with Gasteiger partial charge in [-0.25, -0.2) is 9.78 Å². The highest BCUT2D eigenvalue weighted by atomic mass is 32.1. The average Bonchev–Trinajstić information content (AvgIpc) is 3.07. The number of hydrogen-bond donors (Lipinski definition) is 3. The Morgan fingerprint density at radius 2 is 1.75 bits per heavy atom. The first kappa shape index (κ1) is 15.8. The van der Waals surface area contributed by atoms with Crippen LogP contribution < -0.4 is 0 Å². The van der Waals surface area contributed by atoms with Gasteiger partial charge in [0, 0.05) is 10.9 Å². The molecular weight excluding hydrogens is 330 g/mol. The van der Waals surface area contributed by atoms with Crippen LogP contribution in [0.2, 0.25) is 0 Å². The maximum atomic E-state index is 12.0. The molecule has 0 amide bonds. The monoisotopic (exact) mass is 343 g/mol. The normalized spacial score (nSPS) is 10.5. The molecule has 0 aliphatic heterocycles. The molecule has 0 aliphatic rings. The van der Waals surface area contributed by atoms with E-state index >= 15 is 0 Å². The van der Waals surface area contributed by atoms with Gasteiger partial charge >= 0.3 is 5.97 Å². The maximum absolute atomic E-state index is 12.0. The van der Waals surface area contributed by atoms with Gasteiger partial charge < -0.3 is 20.1 Å². The quantitative estimate of drug-likeness (QED) is 0.496. The first-order chi connectivity index (χ1) is 11.5. The van der Waals surface area contributed by atoms with Crippen LogP contribution in [0.4, 0.5) is 0 Å². The Hall–Kier alpha value is -3.06. The Morgan fingerprint density at radius 3 is 2.42 bits per heavy atom. The molecule has 0 aliphatic carbocycles. The third-order valence-corrected chi connectivity index (χ3v) is 4.17. The minimum absolute atomic E-state index is 0.0371. The van der Waals surface area contributed by atoms with Crippen LogP contribution in [-0.2, 0) is 11.3 Å². The van der Waals surface area contributed by atoms with Gasteiger partial charge in [0.15, 0.2) is 17.2 Å². The molecule has 0 saturated heterocycles. The molecule has 0 unspecified atom stereocenters. The number of ether oxygens (including phenoxy) is 1. The van der Waals surface area contributed by atoms with Crippen LogP contribution in [0.1, 0.15) is 16.1 Å². The summed E-state index contributed by atoms with van der Waals surface area (Å²) in [6.45, 7) is -0.0371. The van der Waals surface area contributed by atoms with E-state index in [1.54, 1.807) is 5.38 Å². The van der Waals surface area contributed by atoms with Crippen molar-refractivity contribution in [1.82, 2.24) is 4.98 Å². The summed E-state index contributed by atoms with van der Waals surface area (Å²) in [7, 11) is 0. The fourth-order valence-electron chi connectivity index (χ4n) is 2.03. The van der Waals surface area contributed by atoms with E-state index in [0.29, 0.717) is 5.69 Å². The number of carbonyl (C=O) groups excluding carboxylic acids is 1. The number of aromatic nitrogens is 1. The van der Waals surface area contributed by atoms with E-state index in [1.807, 2.05) is 30.3 Å². The number of nitrogens with zero attached hydrogens (tertiary/aromatic N) is 1. The standard InChI is InChI=1S/C17H13NO5S/c19-13-6-11(7-14(20)15(13)21)17(22)23-8-12-9-24-16(18-12)10-4-2-1-3-5-10/h1-7,9,19-21H,8H2. The molecule has 0 saturated carbocycles. The predicted molar refractivity (Wildman–Crippen MR) is 88.1 cm³/mol. The highest BCUT2D eigenvalue weighted by molar-refractivity contribution is 7.13. The van der Waals surface area contributed by atoms with E-state index in [-0.39, 0.29) is 12.2 Å². The van der Waals surface area contributed by atoms with Crippen LogP contribution in [0.25, 0.3) is 10.6 Å². The van der Waals surface area contributed by atoms with Gasteiger partial charge in [-0.3, -0.25) is 0 Å². The Kier molecular flexibility index (Phi) is 4.35. The topological polar surface area (TPSA) is 99.9 Å². The van der Waals surface area contributed by atoms with Crippen molar-refractivity contribution in [3.63, 3.8) is 0 Å². The van der Waals surface area contributed by atoms with Crippen LogP contribution in [0.15, 0.2) is 47.8 Å². The van der Waals surface area contributed by atoms with E-state index in [4.69, 9.17) is 4.74 Å². The molecule has 1 aromatic heterocycles. The molecule has 24 heavy (non-hydrogen) atoms. The van der Waals surface area contributed by atoms with Gasteiger partial charge in [0.25, 0.3) is 0 Å². The molecule has 0 atom stereocenters. The molecule has 2 aromatic carbocycles. The van der Waals surface area contributed by atoms with Gasteiger partial charge in [0.05, 0.1) is 11.3 Å². The molecule has 0 fully saturated rings. The Labute approximate surface area is 141 Å². The lowest BCUT2D eigenvalue weighted by atomic mass is 10.2. The lowest BCUT2D eigenvalue weighted by molar-refractivity contribution is 0.0467. The van der Waals surface area contributed by atoms with Crippen LogP contribution in [0.3, 0.4) is 0 Å². The number of phenols is 3. The van der Waals surface area contributed by atoms with Gasteiger partial charge in [0.2, 0.25) is 0 Å². The number of esters is 1. The van der Waals surface area contributed by atoms with Gasteiger partial charge in [0.1, 0.15) is 11.6 Å². The van der Waals surface area contributed by atoms with Crippen molar-refractivity contribution in [3.05, 3.63) is 59.1 Å². The lowest BCUT2D eigenvalue weighted by Crippen LogP contribution is -2.05. The van der Waals surface area contributed by atoms with Crippen molar-refractivity contribution >= 4 is 17.3 Å². The Bertz CT molecular complexity index is 853. The van der Waals surface area contributed by atoms with E-state index < -0.39 is 23.2 Å². The van der Waals surface area contributed by atoms with Crippen molar-refractivity contribution in [3.8, 4) is 27.8 Å². The number of phenolic OH excluding ortho intramolecular Hbond substituents is 3. The third-order valence-electron chi connectivity index (χ3n) is 3.23. The van der Waals surface area contributed by atoms with Crippen molar-refractivity contribution in [2.45, 2.75) is 6.61 Å². The lowest BCUT2D eigenvalue weighted by Gasteiger charge is -2.06. The number of benzene rings is 2. The number of aromatic hydroxyl groups is 3. The smallest absolute Gasteiger partial charge is 0.338 e. The molecule has 0 spiro atoms. The van der Waals surface area contributed by atoms with Crippen molar-refractivity contribution in [2.75, 3.05) is 0 Å². The SMILES string of the molecule is O=C(OCc1csc(-c2ccccc2)n1)c1cc(O)c(O)c(O)c1. The fraction of sp³-hybridized carbons (Fsp3) is 0.0588. The molecule has 3 N–H and O–H groups in total. The molecule has 3 aromatic rings. The summed E-state index contributed by atoms with van der Waals surface area (Å²) in [4.78, 5) is 16.4. The molecule has 1 heterocycles. The number of rotatable bonds is 4. The van der Waals surface area contributed by atoms with Crippen molar-refractivity contribution in [2.24, 2.45) is 0 Å². The first-order valence-corrected chi connectivity index (χ1v) is 7.84. The second-order valence-electron chi connectivity index (χ2n) is 4.95.